The van der Waals surface area contributed by atoms with E-state index in [0.29, 0.717) is 11.8 Å². The van der Waals surface area contributed by atoms with Crippen LogP contribution in [-0.2, 0) is 6.54 Å². The molecule has 2 aromatic rings. The molecule has 1 atom stereocenters. The van der Waals surface area contributed by atoms with Gasteiger partial charge in [0.15, 0.2) is 11.5 Å². The van der Waals surface area contributed by atoms with Crippen molar-refractivity contribution in [3.8, 4) is 11.5 Å². The molecule has 0 spiro atoms. The lowest BCUT2D eigenvalue weighted by Crippen LogP contribution is -2.24. The largest absolute Gasteiger partial charge is 0.504 e. The summed E-state index contributed by atoms with van der Waals surface area (Å²) in [6, 6.07) is 14.5. The SMILES string of the molecule is COc1ccc(CN[C@@H]2CCSc3ccccc32)cc1O. The van der Waals surface area contributed by atoms with Gasteiger partial charge < -0.3 is 15.2 Å². The van der Waals surface area contributed by atoms with Crippen LogP contribution in [0.15, 0.2) is 47.4 Å². The van der Waals surface area contributed by atoms with Gasteiger partial charge in [-0.1, -0.05) is 24.3 Å². The number of phenolic OH excluding ortho intramolecular Hbond substituents is 1. The Balaban J connectivity index is 1.70. The standard InChI is InChI=1S/C17H19NO2S/c1-20-16-7-6-12(10-15(16)19)11-18-14-8-9-21-17-5-3-2-4-13(14)17/h2-7,10,14,18-19H,8-9,11H2,1H3/t14-/m1/s1. The Bertz CT molecular complexity index is 630. The maximum atomic E-state index is 9.83. The number of aromatic hydroxyl groups is 1. The van der Waals surface area contributed by atoms with Crippen LogP contribution in [0.25, 0.3) is 0 Å². The molecule has 110 valence electrons. The second kappa shape index (κ2) is 6.41. The lowest BCUT2D eigenvalue weighted by molar-refractivity contribution is 0.372. The van der Waals surface area contributed by atoms with Crippen molar-refractivity contribution in [1.29, 1.82) is 0 Å². The van der Waals surface area contributed by atoms with Gasteiger partial charge in [0.05, 0.1) is 7.11 Å². The number of phenols is 1. The Labute approximate surface area is 129 Å². The van der Waals surface area contributed by atoms with Gasteiger partial charge >= 0.3 is 0 Å². The van der Waals surface area contributed by atoms with Crippen LogP contribution in [-0.4, -0.2) is 18.0 Å². The van der Waals surface area contributed by atoms with Crippen molar-refractivity contribution in [2.24, 2.45) is 0 Å². The average Bonchev–Trinajstić information content (AvgIpc) is 2.53. The minimum atomic E-state index is 0.191. The lowest BCUT2D eigenvalue weighted by atomic mass is 10.0. The van der Waals surface area contributed by atoms with Crippen molar-refractivity contribution >= 4 is 11.8 Å². The van der Waals surface area contributed by atoms with E-state index in [2.05, 4.69) is 29.6 Å². The molecule has 1 heterocycles. The zero-order valence-corrected chi connectivity index (χ0v) is 12.8. The Kier molecular flexibility index (Phi) is 4.36. The van der Waals surface area contributed by atoms with Gasteiger partial charge in [0.2, 0.25) is 0 Å². The number of benzene rings is 2. The number of hydrogen-bond donors (Lipinski definition) is 2. The average molecular weight is 301 g/mol. The molecule has 4 heteroatoms. The molecule has 0 unspecified atom stereocenters. The first kappa shape index (κ1) is 14.3. The van der Waals surface area contributed by atoms with E-state index >= 15 is 0 Å². The van der Waals surface area contributed by atoms with Crippen LogP contribution in [0.4, 0.5) is 0 Å². The molecule has 2 aromatic carbocycles. The van der Waals surface area contributed by atoms with Crippen molar-refractivity contribution in [1.82, 2.24) is 5.32 Å². The Morgan fingerprint density at radius 1 is 1.29 bits per heavy atom. The summed E-state index contributed by atoms with van der Waals surface area (Å²) in [6.07, 6.45) is 1.13. The van der Waals surface area contributed by atoms with Gasteiger partial charge in [0.25, 0.3) is 0 Å². The lowest BCUT2D eigenvalue weighted by Gasteiger charge is -2.26. The highest BCUT2D eigenvalue weighted by molar-refractivity contribution is 7.99. The van der Waals surface area contributed by atoms with Crippen LogP contribution in [0.3, 0.4) is 0 Å². The highest BCUT2D eigenvalue weighted by Gasteiger charge is 2.19. The molecule has 2 N–H and O–H groups in total. The third-order valence-corrected chi connectivity index (χ3v) is 4.88. The molecule has 0 fully saturated rings. The normalized spacial score (nSPS) is 17.3. The van der Waals surface area contributed by atoms with Crippen molar-refractivity contribution in [3.63, 3.8) is 0 Å². The van der Waals surface area contributed by atoms with Crippen LogP contribution in [0.5, 0.6) is 11.5 Å². The number of fused-ring (bicyclic) bond motifs is 1. The fourth-order valence-corrected chi connectivity index (χ4v) is 3.77. The van der Waals surface area contributed by atoms with Gasteiger partial charge in [0.1, 0.15) is 0 Å². The highest BCUT2D eigenvalue weighted by Crippen LogP contribution is 2.36. The van der Waals surface area contributed by atoms with E-state index in [4.69, 9.17) is 4.74 Å². The van der Waals surface area contributed by atoms with E-state index in [1.165, 1.54) is 10.5 Å². The van der Waals surface area contributed by atoms with Gasteiger partial charge in [-0.25, -0.2) is 0 Å². The van der Waals surface area contributed by atoms with Gasteiger partial charge in [-0.05, 0) is 41.5 Å². The second-order valence-corrected chi connectivity index (χ2v) is 6.25. The minimum Gasteiger partial charge on any atom is -0.504 e. The third-order valence-electron chi connectivity index (χ3n) is 3.75. The molecular formula is C17H19NO2S. The number of nitrogens with one attached hydrogen (secondary N) is 1. The van der Waals surface area contributed by atoms with Gasteiger partial charge in [0, 0.05) is 17.5 Å². The summed E-state index contributed by atoms with van der Waals surface area (Å²) < 4.78 is 5.07. The molecule has 0 saturated carbocycles. The summed E-state index contributed by atoms with van der Waals surface area (Å²) in [5.41, 5.74) is 2.44. The molecular weight excluding hydrogens is 282 g/mol. The van der Waals surface area contributed by atoms with Gasteiger partial charge in [-0.2, -0.15) is 0 Å². The predicted octanol–water partition coefficient (Wildman–Crippen LogP) is 3.73. The number of methoxy groups -OCH3 is 1. The topological polar surface area (TPSA) is 41.5 Å². The smallest absolute Gasteiger partial charge is 0.160 e. The van der Waals surface area contributed by atoms with Crippen LogP contribution in [0.1, 0.15) is 23.6 Å². The van der Waals surface area contributed by atoms with Crippen LogP contribution in [0.2, 0.25) is 0 Å². The van der Waals surface area contributed by atoms with E-state index in [9.17, 15) is 5.11 Å². The first-order valence-corrected chi connectivity index (χ1v) is 8.07. The molecule has 3 nitrogen and oxygen atoms in total. The van der Waals surface area contributed by atoms with Crippen molar-refractivity contribution in [2.75, 3.05) is 12.9 Å². The van der Waals surface area contributed by atoms with E-state index in [-0.39, 0.29) is 5.75 Å². The number of hydrogen-bond acceptors (Lipinski definition) is 4. The Morgan fingerprint density at radius 3 is 2.95 bits per heavy atom. The second-order valence-electron chi connectivity index (χ2n) is 5.11. The number of ether oxygens (including phenoxy) is 1. The van der Waals surface area contributed by atoms with Gasteiger partial charge in [-0.15, -0.1) is 11.8 Å². The van der Waals surface area contributed by atoms with Crippen molar-refractivity contribution in [2.45, 2.75) is 23.9 Å². The third kappa shape index (κ3) is 3.17. The molecule has 21 heavy (non-hydrogen) atoms. The molecule has 0 bridgehead atoms. The first-order valence-electron chi connectivity index (χ1n) is 7.09. The summed E-state index contributed by atoms with van der Waals surface area (Å²) in [6.45, 7) is 0.737. The molecule has 3 rings (SSSR count). The fourth-order valence-electron chi connectivity index (χ4n) is 2.64. The van der Waals surface area contributed by atoms with Gasteiger partial charge in [-0.3, -0.25) is 0 Å². The summed E-state index contributed by atoms with van der Waals surface area (Å²) in [4.78, 5) is 1.37. The van der Waals surface area contributed by atoms with Crippen LogP contribution in [0, 0.1) is 0 Å². The molecule has 0 saturated heterocycles. The van der Waals surface area contributed by atoms with Crippen molar-refractivity contribution in [3.05, 3.63) is 53.6 Å². The van der Waals surface area contributed by atoms with E-state index in [1.54, 1.807) is 19.2 Å². The minimum absolute atomic E-state index is 0.191. The molecule has 0 aliphatic carbocycles. The summed E-state index contributed by atoms with van der Waals surface area (Å²) in [7, 11) is 1.56. The van der Waals surface area contributed by atoms with Crippen LogP contribution < -0.4 is 10.1 Å². The van der Waals surface area contributed by atoms with E-state index < -0.39 is 0 Å². The van der Waals surface area contributed by atoms with E-state index in [1.807, 2.05) is 17.8 Å². The van der Waals surface area contributed by atoms with E-state index in [0.717, 1.165) is 24.3 Å². The monoisotopic (exact) mass is 301 g/mol. The highest BCUT2D eigenvalue weighted by atomic mass is 32.2. The maximum absolute atomic E-state index is 9.83. The first-order chi connectivity index (χ1) is 10.3. The van der Waals surface area contributed by atoms with Crippen molar-refractivity contribution < 1.29 is 9.84 Å². The number of thioether (sulfide) groups is 1. The fraction of sp³-hybridized carbons (Fsp3) is 0.294. The molecule has 0 amide bonds. The Morgan fingerprint density at radius 2 is 2.14 bits per heavy atom. The summed E-state index contributed by atoms with van der Waals surface area (Å²) in [5.74, 6) is 1.84. The molecule has 0 aromatic heterocycles. The zero-order valence-electron chi connectivity index (χ0n) is 12.0. The Hall–Kier alpha value is -1.65. The quantitative estimate of drug-likeness (QED) is 0.903. The predicted molar refractivity (Wildman–Crippen MR) is 86.0 cm³/mol. The molecule has 1 aliphatic heterocycles. The number of rotatable bonds is 4. The summed E-state index contributed by atoms with van der Waals surface area (Å²) >= 11 is 1.92. The maximum Gasteiger partial charge on any atom is 0.160 e. The zero-order chi connectivity index (χ0) is 14.7. The molecule has 0 radical (unpaired) electrons. The van der Waals surface area contributed by atoms with Crippen LogP contribution >= 0.6 is 11.8 Å². The summed E-state index contributed by atoms with van der Waals surface area (Å²) in [5, 5.41) is 13.4. The molecule has 1 aliphatic rings.